The number of Topliss-reactive ketones (excluding diaryl/α,β-unsaturated/α-hetero) is 1. The quantitative estimate of drug-likeness (QED) is 0.479. The molecule has 1 heterocycles. The summed E-state index contributed by atoms with van der Waals surface area (Å²) >= 11 is 0. The van der Waals surface area contributed by atoms with Crippen LogP contribution in [0.15, 0.2) is 47.4 Å². The number of ketones is 1. The molecule has 21 heavy (non-hydrogen) atoms. The topological polar surface area (TPSA) is 82.2 Å². The van der Waals surface area contributed by atoms with Crippen molar-refractivity contribution in [3.63, 3.8) is 0 Å². The summed E-state index contributed by atoms with van der Waals surface area (Å²) in [5, 5.41) is 10.7. The molecule has 0 saturated carbocycles. The van der Waals surface area contributed by atoms with Gasteiger partial charge in [-0.25, -0.2) is 0 Å². The van der Waals surface area contributed by atoms with Crippen molar-refractivity contribution in [1.82, 2.24) is 4.57 Å². The summed E-state index contributed by atoms with van der Waals surface area (Å²) in [6.45, 7) is 1.80. The van der Waals surface area contributed by atoms with E-state index < -0.39 is 10.5 Å². The van der Waals surface area contributed by atoms with E-state index in [1.807, 2.05) is 19.1 Å². The van der Waals surface area contributed by atoms with Crippen molar-refractivity contribution in [3.05, 3.63) is 74.2 Å². The standard InChI is InChI=1S/C15H14N2O4/c1-2-11-3-5-12(6-4-11)14(18)10-16-9-13(17(20)21)7-8-15(16)19/h3-9H,2,10H2,1H3. The third-order valence-electron chi connectivity index (χ3n) is 3.18. The van der Waals surface area contributed by atoms with Gasteiger partial charge in [-0.1, -0.05) is 31.2 Å². The Morgan fingerprint density at radius 2 is 1.86 bits per heavy atom. The van der Waals surface area contributed by atoms with Gasteiger partial charge < -0.3 is 4.57 Å². The highest BCUT2D eigenvalue weighted by Crippen LogP contribution is 2.09. The third kappa shape index (κ3) is 3.42. The van der Waals surface area contributed by atoms with Crippen molar-refractivity contribution in [3.8, 4) is 0 Å². The Kier molecular flexibility index (Phi) is 4.27. The lowest BCUT2D eigenvalue weighted by Crippen LogP contribution is -2.23. The fourth-order valence-corrected chi connectivity index (χ4v) is 1.92. The van der Waals surface area contributed by atoms with E-state index in [0.29, 0.717) is 5.56 Å². The summed E-state index contributed by atoms with van der Waals surface area (Å²) < 4.78 is 1.05. The Morgan fingerprint density at radius 1 is 1.19 bits per heavy atom. The van der Waals surface area contributed by atoms with Crippen molar-refractivity contribution in [1.29, 1.82) is 0 Å². The van der Waals surface area contributed by atoms with Crippen LogP contribution in [0.5, 0.6) is 0 Å². The summed E-state index contributed by atoms with van der Waals surface area (Å²) in [7, 11) is 0. The molecule has 2 rings (SSSR count). The number of pyridine rings is 1. The predicted molar refractivity (Wildman–Crippen MR) is 77.5 cm³/mol. The van der Waals surface area contributed by atoms with E-state index in [-0.39, 0.29) is 18.0 Å². The van der Waals surface area contributed by atoms with Gasteiger partial charge in [-0.3, -0.25) is 19.7 Å². The van der Waals surface area contributed by atoms with Crippen LogP contribution in [0.4, 0.5) is 5.69 Å². The lowest BCUT2D eigenvalue weighted by Gasteiger charge is -2.05. The first kappa shape index (κ1) is 14.6. The fourth-order valence-electron chi connectivity index (χ4n) is 1.92. The zero-order valence-electron chi connectivity index (χ0n) is 11.5. The summed E-state index contributed by atoms with van der Waals surface area (Å²) in [6.07, 6.45) is 1.96. The van der Waals surface area contributed by atoms with Gasteiger partial charge in [0.2, 0.25) is 0 Å². The first-order valence-corrected chi connectivity index (χ1v) is 6.48. The van der Waals surface area contributed by atoms with Crippen molar-refractivity contribution in [2.45, 2.75) is 19.9 Å². The van der Waals surface area contributed by atoms with E-state index in [0.717, 1.165) is 34.9 Å². The van der Waals surface area contributed by atoms with Gasteiger partial charge >= 0.3 is 0 Å². The largest absolute Gasteiger partial charge is 0.301 e. The number of nitrogens with zero attached hydrogens (tertiary/aromatic N) is 2. The number of carbonyl (C=O) groups is 1. The number of nitro groups is 1. The van der Waals surface area contributed by atoms with E-state index in [4.69, 9.17) is 0 Å². The van der Waals surface area contributed by atoms with Crippen molar-refractivity contribution >= 4 is 11.5 Å². The maximum absolute atomic E-state index is 12.1. The second-order valence-corrected chi connectivity index (χ2v) is 4.58. The highest BCUT2D eigenvalue weighted by molar-refractivity contribution is 5.95. The Bertz CT molecular complexity index is 732. The number of benzene rings is 1. The van der Waals surface area contributed by atoms with Crippen LogP contribution < -0.4 is 5.56 Å². The molecule has 1 aromatic carbocycles. The lowest BCUT2D eigenvalue weighted by molar-refractivity contribution is -0.385. The zero-order chi connectivity index (χ0) is 15.4. The molecule has 2 aromatic rings. The Morgan fingerprint density at radius 3 is 2.43 bits per heavy atom. The molecule has 0 spiro atoms. The van der Waals surface area contributed by atoms with Gasteiger partial charge in [-0.15, -0.1) is 0 Å². The maximum Gasteiger partial charge on any atom is 0.285 e. The van der Waals surface area contributed by atoms with Crippen LogP contribution in [0.25, 0.3) is 0 Å². The molecule has 0 fully saturated rings. The average Bonchev–Trinajstić information content (AvgIpc) is 2.49. The highest BCUT2D eigenvalue weighted by Gasteiger charge is 2.12. The normalized spacial score (nSPS) is 10.3. The minimum atomic E-state index is -0.601. The lowest BCUT2D eigenvalue weighted by atomic mass is 10.1. The van der Waals surface area contributed by atoms with Gasteiger partial charge in [0.25, 0.3) is 11.2 Å². The molecule has 0 saturated heterocycles. The minimum absolute atomic E-state index is 0.216. The van der Waals surface area contributed by atoms with Crippen LogP contribution in [-0.2, 0) is 13.0 Å². The number of rotatable bonds is 5. The van der Waals surface area contributed by atoms with E-state index >= 15 is 0 Å². The predicted octanol–water partition coefficient (Wildman–Crippen LogP) is 2.20. The van der Waals surface area contributed by atoms with Crippen LogP contribution in [0.2, 0.25) is 0 Å². The molecule has 0 aliphatic heterocycles. The SMILES string of the molecule is CCc1ccc(C(=O)Cn2cc([N+](=O)[O-])ccc2=O)cc1. The van der Waals surface area contributed by atoms with Crippen molar-refractivity contribution < 1.29 is 9.72 Å². The van der Waals surface area contributed by atoms with Crippen LogP contribution in [-0.4, -0.2) is 15.3 Å². The van der Waals surface area contributed by atoms with Gasteiger partial charge in [0.1, 0.15) is 0 Å². The molecule has 0 amide bonds. The van der Waals surface area contributed by atoms with Crippen molar-refractivity contribution in [2.24, 2.45) is 0 Å². The summed E-state index contributed by atoms with van der Waals surface area (Å²) in [5.41, 5.74) is 0.924. The zero-order valence-corrected chi connectivity index (χ0v) is 11.5. The van der Waals surface area contributed by atoms with Gasteiger partial charge in [0, 0.05) is 17.7 Å². The molecule has 0 radical (unpaired) electrons. The van der Waals surface area contributed by atoms with E-state index in [9.17, 15) is 19.7 Å². The number of hydrogen-bond donors (Lipinski definition) is 0. The molecule has 0 aliphatic carbocycles. The van der Waals surface area contributed by atoms with E-state index in [1.165, 1.54) is 0 Å². The molecule has 1 aromatic heterocycles. The summed E-state index contributed by atoms with van der Waals surface area (Å²) in [5.74, 6) is -0.264. The molecular weight excluding hydrogens is 272 g/mol. The number of aryl methyl sites for hydroxylation is 1. The van der Waals surface area contributed by atoms with Crippen LogP contribution in [0, 0.1) is 10.1 Å². The monoisotopic (exact) mass is 286 g/mol. The Hall–Kier alpha value is -2.76. The van der Waals surface area contributed by atoms with Crippen LogP contribution in [0.1, 0.15) is 22.8 Å². The molecule has 6 heteroatoms. The number of aromatic nitrogens is 1. The number of hydrogen-bond acceptors (Lipinski definition) is 4. The van der Waals surface area contributed by atoms with Crippen LogP contribution in [0.3, 0.4) is 0 Å². The van der Waals surface area contributed by atoms with Gasteiger partial charge in [0.15, 0.2) is 5.78 Å². The second-order valence-electron chi connectivity index (χ2n) is 4.58. The highest BCUT2D eigenvalue weighted by atomic mass is 16.6. The third-order valence-corrected chi connectivity index (χ3v) is 3.18. The first-order valence-electron chi connectivity index (χ1n) is 6.48. The van der Waals surface area contributed by atoms with E-state index in [1.54, 1.807) is 12.1 Å². The molecule has 108 valence electrons. The van der Waals surface area contributed by atoms with Gasteiger partial charge in [-0.2, -0.15) is 0 Å². The van der Waals surface area contributed by atoms with Crippen molar-refractivity contribution in [2.75, 3.05) is 0 Å². The van der Waals surface area contributed by atoms with E-state index in [2.05, 4.69) is 0 Å². The maximum atomic E-state index is 12.1. The van der Waals surface area contributed by atoms with Gasteiger partial charge in [0.05, 0.1) is 17.7 Å². The molecule has 0 atom stereocenters. The van der Waals surface area contributed by atoms with Crippen LogP contribution >= 0.6 is 0 Å². The Balaban J connectivity index is 2.24. The molecule has 0 bridgehead atoms. The second kappa shape index (κ2) is 6.13. The summed E-state index contributed by atoms with van der Waals surface area (Å²) in [4.78, 5) is 33.9. The molecule has 0 aliphatic rings. The molecule has 6 nitrogen and oxygen atoms in total. The molecule has 0 N–H and O–H groups in total. The fraction of sp³-hybridized carbons (Fsp3) is 0.200. The number of carbonyl (C=O) groups excluding carboxylic acids is 1. The Labute approximate surface area is 120 Å². The molecular formula is C15H14N2O4. The minimum Gasteiger partial charge on any atom is -0.301 e. The summed E-state index contributed by atoms with van der Waals surface area (Å²) in [6, 6.07) is 9.31. The smallest absolute Gasteiger partial charge is 0.285 e. The van der Waals surface area contributed by atoms with Gasteiger partial charge in [-0.05, 0) is 12.0 Å². The average molecular weight is 286 g/mol. The first-order chi connectivity index (χ1) is 10.0. The molecule has 0 unspecified atom stereocenters.